The molecule has 1 aliphatic rings. The van der Waals surface area contributed by atoms with Gasteiger partial charge in [-0.1, -0.05) is 30.3 Å². The summed E-state index contributed by atoms with van der Waals surface area (Å²) in [4.78, 5) is 10.9. The molecule has 0 spiro atoms. The Hall–Kier alpha value is -2.55. The first-order valence-electron chi connectivity index (χ1n) is 6.87. The van der Waals surface area contributed by atoms with Crippen LogP contribution in [0.4, 0.5) is 0 Å². The molecule has 106 valence electrons. The summed E-state index contributed by atoms with van der Waals surface area (Å²) in [5.74, 6) is 1.53. The lowest BCUT2D eigenvalue weighted by Crippen LogP contribution is -2.11. The van der Waals surface area contributed by atoms with Gasteiger partial charge in [-0.2, -0.15) is 0 Å². The van der Waals surface area contributed by atoms with Crippen molar-refractivity contribution in [3.63, 3.8) is 0 Å². The van der Waals surface area contributed by atoms with Crippen LogP contribution < -0.4 is 9.47 Å². The first kappa shape index (κ1) is 13.4. The van der Waals surface area contributed by atoms with E-state index in [0.717, 1.165) is 34.5 Å². The van der Waals surface area contributed by atoms with Gasteiger partial charge in [-0.25, -0.2) is 0 Å². The van der Waals surface area contributed by atoms with Crippen LogP contribution in [0.1, 0.15) is 18.1 Å². The Kier molecular flexibility index (Phi) is 3.73. The number of carbonyl (C=O) groups is 1. The van der Waals surface area contributed by atoms with E-state index < -0.39 is 0 Å². The quantitative estimate of drug-likeness (QED) is 0.802. The SMILES string of the molecule is CC1=C(C=O)COc2cc(OCc3ccccc3)ccc21. The van der Waals surface area contributed by atoms with E-state index in [1.54, 1.807) is 0 Å². The zero-order valence-corrected chi connectivity index (χ0v) is 11.8. The van der Waals surface area contributed by atoms with Gasteiger partial charge in [0.25, 0.3) is 0 Å². The highest BCUT2D eigenvalue weighted by molar-refractivity contribution is 5.90. The lowest BCUT2D eigenvalue weighted by molar-refractivity contribution is -0.105. The largest absolute Gasteiger partial charge is 0.489 e. The number of allylic oxidation sites excluding steroid dienone is 1. The molecule has 0 aliphatic carbocycles. The van der Waals surface area contributed by atoms with Crippen molar-refractivity contribution in [3.05, 3.63) is 65.2 Å². The molecule has 2 aromatic rings. The van der Waals surface area contributed by atoms with Gasteiger partial charge in [0, 0.05) is 17.2 Å². The molecule has 1 aliphatic heterocycles. The molecule has 0 N–H and O–H groups in total. The predicted molar refractivity (Wildman–Crippen MR) is 81.4 cm³/mol. The van der Waals surface area contributed by atoms with Gasteiger partial charge in [-0.15, -0.1) is 0 Å². The Morgan fingerprint density at radius 2 is 2.00 bits per heavy atom. The summed E-state index contributed by atoms with van der Waals surface area (Å²) in [6.45, 7) is 2.79. The van der Waals surface area contributed by atoms with Gasteiger partial charge >= 0.3 is 0 Å². The number of rotatable bonds is 4. The number of ether oxygens (including phenoxy) is 2. The van der Waals surface area contributed by atoms with Crippen LogP contribution in [0.3, 0.4) is 0 Å². The number of carbonyl (C=O) groups excluding carboxylic acids is 1. The highest BCUT2D eigenvalue weighted by Crippen LogP contribution is 2.35. The van der Waals surface area contributed by atoms with E-state index >= 15 is 0 Å². The van der Waals surface area contributed by atoms with Gasteiger partial charge in [0.05, 0.1) is 0 Å². The molecule has 0 atom stereocenters. The Balaban J connectivity index is 1.78. The molecule has 0 fully saturated rings. The van der Waals surface area contributed by atoms with Gasteiger partial charge in [-0.05, 0) is 30.2 Å². The molecule has 0 aromatic heterocycles. The van der Waals surface area contributed by atoms with E-state index in [9.17, 15) is 4.79 Å². The van der Waals surface area contributed by atoms with Crippen molar-refractivity contribution < 1.29 is 14.3 Å². The summed E-state index contributed by atoms with van der Waals surface area (Å²) in [7, 11) is 0. The Morgan fingerprint density at radius 1 is 1.19 bits per heavy atom. The summed E-state index contributed by atoms with van der Waals surface area (Å²) in [6, 6.07) is 15.7. The summed E-state index contributed by atoms with van der Waals surface area (Å²) >= 11 is 0. The molecule has 3 nitrogen and oxygen atoms in total. The molecular formula is C18H16O3. The van der Waals surface area contributed by atoms with Crippen LogP contribution in [-0.2, 0) is 11.4 Å². The highest BCUT2D eigenvalue weighted by atomic mass is 16.5. The summed E-state index contributed by atoms with van der Waals surface area (Å²) in [5.41, 5.74) is 3.74. The third-order valence-corrected chi connectivity index (χ3v) is 3.61. The average molecular weight is 280 g/mol. The first-order valence-corrected chi connectivity index (χ1v) is 6.87. The summed E-state index contributed by atoms with van der Waals surface area (Å²) < 4.78 is 11.4. The van der Waals surface area contributed by atoms with Crippen molar-refractivity contribution in [3.8, 4) is 11.5 Å². The zero-order valence-electron chi connectivity index (χ0n) is 11.8. The van der Waals surface area contributed by atoms with Crippen molar-refractivity contribution in [2.75, 3.05) is 6.61 Å². The van der Waals surface area contributed by atoms with E-state index in [0.29, 0.717) is 18.8 Å². The number of hydrogen-bond acceptors (Lipinski definition) is 3. The minimum atomic E-state index is 0.324. The van der Waals surface area contributed by atoms with E-state index in [4.69, 9.17) is 9.47 Å². The second-order valence-electron chi connectivity index (χ2n) is 4.99. The molecule has 21 heavy (non-hydrogen) atoms. The Morgan fingerprint density at radius 3 is 2.76 bits per heavy atom. The van der Waals surface area contributed by atoms with Gasteiger partial charge < -0.3 is 9.47 Å². The first-order chi connectivity index (χ1) is 10.3. The van der Waals surface area contributed by atoms with Crippen molar-refractivity contribution in [1.29, 1.82) is 0 Å². The minimum Gasteiger partial charge on any atom is -0.489 e. The standard InChI is InChI=1S/C18H16O3/c1-13-15(10-19)12-21-18-9-16(7-8-17(13)18)20-11-14-5-3-2-4-6-14/h2-10H,11-12H2,1H3. The third-order valence-electron chi connectivity index (χ3n) is 3.61. The molecule has 0 radical (unpaired) electrons. The van der Waals surface area contributed by atoms with Crippen molar-refractivity contribution in [1.82, 2.24) is 0 Å². The summed E-state index contributed by atoms with van der Waals surface area (Å²) in [5, 5.41) is 0. The second-order valence-corrected chi connectivity index (χ2v) is 4.99. The number of hydrogen-bond donors (Lipinski definition) is 0. The number of benzene rings is 2. The van der Waals surface area contributed by atoms with Crippen molar-refractivity contribution in [2.45, 2.75) is 13.5 Å². The van der Waals surface area contributed by atoms with Crippen molar-refractivity contribution in [2.24, 2.45) is 0 Å². The van der Waals surface area contributed by atoms with Gasteiger partial charge in [-0.3, -0.25) is 4.79 Å². The van der Waals surface area contributed by atoms with Crippen LogP contribution in [0.25, 0.3) is 5.57 Å². The van der Waals surface area contributed by atoms with Crippen molar-refractivity contribution >= 4 is 11.9 Å². The maximum absolute atomic E-state index is 10.9. The van der Waals surface area contributed by atoms with E-state index in [-0.39, 0.29) is 0 Å². The molecule has 3 rings (SSSR count). The van der Waals surface area contributed by atoms with E-state index in [1.807, 2.05) is 55.5 Å². The average Bonchev–Trinajstić information content (AvgIpc) is 2.54. The molecule has 0 saturated carbocycles. The monoisotopic (exact) mass is 280 g/mol. The third kappa shape index (κ3) is 2.82. The lowest BCUT2D eigenvalue weighted by Gasteiger charge is -2.20. The molecule has 0 unspecified atom stereocenters. The smallest absolute Gasteiger partial charge is 0.149 e. The Labute approximate surface area is 123 Å². The second kappa shape index (κ2) is 5.83. The number of aldehydes is 1. The van der Waals surface area contributed by atoms with E-state index in [2.05, 4.69) is 0 Å². The fourth-order valence-corrected chi connectivity index (χ4v) is 2.32. The topological polar surface area (TPSA) is 35.5 Å². The molecule has 0 bridgehead atoms. The predicted octanol–water partition coefficient (Wildman–Crippen LogP) is 3.63. The van der Waals surface area contributed by atoms with Crippen LogP contribution in [-0.4, -0.2) is 12.9 Å². The summed E-state index contributed by atoms with van der Waals surface area (Å²) in [6.07, 6.45) is 0.859. The normalized spacial score (nSPS) is 13.4. The molecular weight excluding hydrogens is 264 g/mol. The Bertz CT molecular complexity index is 687. The lowest BCUT2D eigenvalue weighted by atomic mass is 9.99. The van der Waals surface area contributed by atoms with E-state index in [1.165, 1.54) is 0 Å². The molecule has 2 aromatic carbocycles. The fraction of sp³-hybridized carbons (Fsp3) is 0.167. The van der Waals surface area contributed by atoms with Gasteiger partial charge in [0.2, 0.25) is 0 Å². The maximum atomic E-state index is 10.9. The van der Waals surface area contributed by atoms with Crippen LogP contribution >= 0.6 is 0 Å². The fourth-order valence-electron chi connectivity index (χ4n) is 2.32. The van der Waals surface area contributed by atoms with Gasteiger partial charge in [0.15, 0.2) is 0 Å². The molecule has 0 saturated heterocycles. The van der Waals surface area contributed by atoms with Crippen LogP contribution in [0.5, 0.6) is 11.5 Å². The van der Waals surface area contributed by atoms with Crippen LogP contribution in [0, 0.1) is 0 Å². The van der Waals surface area contributed by atoms with Gasteiger partial charge in [0.1, 0.15) is 31.0 Å². The number of fused-ring (bicyclic) bond motifs is 1. The minimum absolute atomic E-state index is 0.324. The maximum Gasteiger partial charge on any atom is 0.149 e. The van der Waals surface area contributed by atoms with Crippen LogP contribution in [0.15, 0.2) is 54.1 Å². The molecule has 0 amide bonds. The molecule has 1 heterocycles. The molecule has 3 heteroatoms. The zero-order chi connectivity index (χ0) is 14.7. The van der Waals surface area contributed by atoms with Crippen LogP contribution in [0.2, 0.25) is 0 Å². The highest BCUT2D eigenvalue weighted by Gasteiger charge is 2.17.